The van der Waals surface area contributed by atoms with Gasteiger partial charge in [0, 0.05) is 5.69 Å². The minimum Gasteiger partial charge on any atom is -0.325 e. The second-order valence-electron chi connectivity index (χ2n) is 6.62. The molecule has 2 N–H and O–H groups in total. The summed E-state index contributed by atoms with van der Waals surface area (Å²) in [6, 6.07) is 11.8. The predicted octanol–water partition coefficient (Wildman–Crippen LogP) is 3.04. The number of benzene rings is 2. The quantitative estimate of drug-likeness (QED) is 0.856. The number of halogens is 1. The van der Waals surface area contributed by atoms with Gasteiger partial charge in [0.1, 0.15) is 5.82 Å². The fraction of sp³-hybridized carbons (Fsp3) is 0.278. The first kappa shape index (κ1) is 19.1. The minimum atomic E-state index is -3.88. The molecule has 0 bridgehead atoms. The molecule has 0 heterocycles. The summed E-state index contributed by atoms with van der Waals surface area (Å²) in [5.41, 5.74) is 1.42. The van der Waals surface area contributed by atoms with Crippen molar-refractivity contribution >= 4 is 21.6 Å². The SMILES string of the molecule is CC(C)(C)c1ccccc1NC(=O)CNS(=O)(=O)c1ccc(F)cc1. The van der Waals surface area contributed by atoms with Gasteiger partial charge >= 0.3 is 0 Å². The molecule has 0 saturated heterocycles. The van der Waals surface area contributed by atoms with Crippen LogP contribution in [0.1, 0.15) is 26.3 Å². The molecule has 0 unspecified atom stereocenters. The summed E-state index contributed by atoms with van der Waals surface area (Å²) in [6.45, 7) is 5.65. The van der Waals surface area contributed by atoms with Crippen LogP contribution in [0.15, 0.2) is 53.4 Å². The van der Waals surface area contributed by atoms with Crippen LogP contribution in [0.3, 0.4) is 0 Å². The number of carbonyl (C=O) groups excluding carboxylic acids is 1. The van der Waals surface area contributed by atoms with Crippen LogP contribution in [0, 0.1) is 5.82 Å². The molecular weight excluding hydrogens is 343 g/mol. The summed E-state index contributed by atoms with van der Waals surface area (Å²) in [7, 11) is -3.88. The molecule has 0 atom stereocenters. The number of sulfonamides is 1. The molecule has 2 aromatic carbocycles. The Morgan fingerprint density at radius 2 is 1.64 bits per heavy atom. The van der Waals surface area contributed by atoms with E-state index in [-0.39, 0.29) is 10.3 Å². The van der Waals surface area contributed by atoms with Crippen LogP contribution in [0.5, 0.6) is 0 Å². The fourth-order valence-corrected chi connectivity index (χ4v) is 3.28. The molecule has 5 nitrogen and oxygen atoms in total. The van der Waals surface area contributed by atoms with Crippen molar-refractivity contribution < 1.29 is 17.6 Å². The summed E-state index contributed by atoms with van der Waals surface area (Å²) < 4.78 is 39.3. The number of amides is 1. The van der Waals surface area contributed by atoms with Crippen molar-refractivity contribution in [1.82, 2.24) is 4.72 Å². The molecule has 0 aromatic heterocycles. The average molecular weight is 364 g/mol. The Morgan fingerprint density at radius 1 is 1.04 bits per heavy atom. The monoisotopic (exact) mass is 364 g/mol. The van der Waals surface area contributed by atoms with Gasteiger partial charge in [-0.2, -0.15) is 0 Å². The zero-order chi connectivity index (χ0) is 18.7. The smallest absolute Gasteiger partial charge is 0.241 e. The Hall–Kier alpha value is -2.25. The zero-order valence-corrected chi connectivity index (χ0v) is 15.2. The molecule has 0 fully saturated rings. The number of rotatable bonds is 5. The normalized spacial score (nSPS) is 12.0. The number of carbonyl (C=O) groups is 1. The lowest BCUT2D eigenvalue weighted by Gasteiger charge is -2.23. The summed E-state index contributed by atoms with van der Waals surface area (Å²) in [6.07, 6.45) is 0. The molecule has 0 aliphatic rings. The zero-order valence-electron chi connectivity index (χ0n) is 14.3. The molecule has 0 aliphatic heterocycles. The van der Waals surface area contributed by atoms with Crippen molar-refractivity contribution in [1.29, 1.82) is 0 Å². The average Bonchev–Trinajstić information content (AvgIpc) is 2.53. The predicted molar refractivity (Wildman–Crippen MR) is 95.4 cm³/mol. The molecule has 0 spiro atoms. The van der Waals surface area contributed by atoms with Gasteiger partial charge in [-0.25, -0.2) is 17.5 Å². The molecule has 0 saturated carbocycles. The lowest BCUT2D eigenvalue weighted by Crippen LogP contribution is -2.33. The molecule has 0 radical (unpaired) electrons. The van der Waals surface area contributed by atoms with Crippen LogP contribution in [-0.4, -0.2) is 20.9 Å². The molecule has 1 amide bonds. The number of nitrogens with one attached hydrogen (secondary N) is 2. The third-order valence-electron chi connectivity index (χ3n) is 3.56. The first-order valence-electron chi connectivity index (χ1n) is 7.74. The summed E-state index contributed by atoms with van der Waals surface area (Å²) >= 11 is 0. The Balaban J connectivity index is 2.06. The molecular formula is C18H21FN2O3S. The molecule has 0 aliphatic carbocycles. The van der Waals surface area contributed by atoms with Gasteiger partial charge in [0.25, 0.3) is 0 Å². The Morgan fingerprint density at radius 3 is 2.24 bits per heavy atom. The van der Waals surface area contributed by atoms with Crippen LogP contribution < -0.4 is 10.0 Å². The van der Waals surface area contributed by atoms with Crippen LogP contribution in [0.25, 0.3) is 0 Å². The van der Waals surface area contributed by atoms with Gasteiger partial charge in [-0.1, -0.05) is 39.0 Å². The molecule has 7 heteroatoms. The van der Waals surface area contributed by atoms with E-state index in [9.17, 15) is 17.6 Å². The van der Waals surface area contributed by atoms with Crippen LogP contribution in [0.2, 0.25) is 0 Å². The standard InChI is InChI=1S/C18H21FN2O3S/c1-18(2,3)15-6-4-5-7-16(15)21-17(22)12-20-25(23,24)14-10-8-13(19)9-11-14/h4-11,20H,12H2,1-3H3,(H,21,22). The fourth-order valence-electron chi connectivity index (χ4n) is 2.30. The van der Waals surface area contributed by atoms with E-state index in [1.54, 1.807) is 12.1 Å². The highest BCUT2D eigenvalue weighted by Gasteiger charge is 2.20. The number of anilines is 1. The molecule has 2 aromatic rings. The van der Waals surface area contributed by atoms with Crippen molar-refractivity contribution in [2.24, 2.45) is 0 Å². The van der Waals surface area contributed by atoms with Gasteiger partial charge < -0.3 is 5.32 Å². The maximum atomic E-state index is 12.9. The molecule has 2 rings (SSSR count). The topological polar surface area (TPSA) is 75.3 Å². The maximum Gasteiger partial charge on any atom is 0.241 e. The van der Waals surface area contributed by atoms with Crippen molar-refractivity contribution in [2.45, 2.75) is 31.1 Å². The van der Waals surface area contributed by atoms with E-state index in [2.05, 4.69) is 10.0 Å². The Kier molecular flexibility index (Phi) is 5.59. The van der Waals surface area contributed by atoms with Crippen molar-refractivity contribution in [3.05, 3.63) is 59.9 Å². The second-order valence-corrected chi connectivity index (χ2v) is 8.39. The van der Waals surface area contributed by atoms with E-state index in [0.29, 0.717) is 5.69 Å². The van der Waals surface area contributed by atoms with Gasteiger partial charge in [0.15, 0.2) is 0 Å². The van der Waals surface area contributed by atoms with E-state index < -0.39 is 28.3 Å². The number of hydrogen-bond donors (Lipinski definition) is 2. The highest BCUT2D eigenvalue weighted by molar-refractivity contribution is 7.89. The summed E-state index contributed by atoms with van der Waals surface area (Å²) in [5.74, 6) is -1.02. The molecule has 134 valence electrons. The Labute approximate surface area is 147 Å². The van der Waals surface area contributed by atoms with Gasteiger partial charge in [-0.15, -0.1) is 0 Å². The largest absolute Gasteiger partial charge is 0.325 e. The van der Waals surface area contributed by atoms with E-state index in [4.69, 9.17) is 0 Å². The van der Waals surface area contributed by atoms with Crippen LogP contribution >= 0.6 is 0 Å². The number of para-hydroxylation sites is 1. The van der Waals surface area contributed by atoms with E-state index in [1.807, 2.05) is 32.9 Å². The third kappa shape index (κ3) is 5.11. The first-order chi connectivity index (χ1) is 11.6. The first-order valence-corrected chi connectivity index (χ1v) is 9.22. The minimum absolute atomic E-state index is 0.100. The summed E-state index contributed by atoms with van der Waals surface area (Å²) in [4.78, 5) is 12.0. The van der Waals surface area contributed by atoms with Crippen LogP contribution in [-0.2, 0) is 20.2 Å². The van der Waals surface area contributed by atoms with Gasteiger partial charge in [0.05, 0.1) is 11.4 Å². The van der Waals surface area contributed by atoms with Gasteiger partial charge in [-0.3, -0.25) is 4.79 Å². The van der Waals surface area contributed by atoms with Gasteiger partial charge in [0.2, 0.25) is 15.9 Å². The lowest BCUT2D eigenvalue weighted by molar-refractivity contribution is -0.115. The highest BCUT2D eigenvalue weighted by atomic mass is 32.2. The van der Waals surface area contributed by atoms with Crippen LogP contribution in [0.4, 0.5) is 10.1 Å². The number of hydrogen-bond acceptors (Lipinski definition) is 3. The van der Waals surface area contributed by atoms with E-state index in [0.717, 1.165) is 29.8 Å². The second kappa shape index (κ2) is 7.33. The molecule has 25 heavy (non-hydrogen) atoms. The van der Waals surface area contributed by atoms with Crippen molar-refractivity contribution in [3.8, 4) is 0 Å². The van der Waals surface area contributed by atoms with E-state index in [1.165, 1.54) is 0 Å². The lowest BCUT2D eigenvalue weighted by atomic mass is 9.86. The van der Waals surface area contributed by atoms with Crippen molar-refractivity contribution in [2.75, 3.05) is 11.9 Å². The maximum absolute atomic E-state index is 12.9. The van der Waals surface area contributed by atoms with Gasteiger partial charge in [-0.05, 0) is 41.3 Å². The third-order valence-corrected chi connectivity index (χ3v) is 4.97. The van der Waals surface area contributed by atoms with E-state index >= 15 is 0 Å². The highest BCUT2D eigenvalue weighted by Crippen LogP contribution is 2.29. The van der Waals surface area contributed by atoms with Crippen molar-refractivity contribution in [3.63, 3.8) is 0 Å². The summed E-state index contributed by atoms with van der Waals surface area (Å²) in [5, 5.41) is 2.72. The Bertz CT molecular complexity index is 857.